The van der Waals surface area contributed by atoms with E-state index in [9.17, 15) is 5.11 Å². The van der Waals surface area contributed by atoms with Gasteiger partial charge in [0.1, 0.15) is 0 Å². The molecule has 0 aliphatic heterocycles. The van der Waals surface area contributed by atoms with Crippen LogP contribution in [0.5, 0.6) is 0 Å². The van der Waals surface area contributed by atoms with Gasteiger partial charge in [-0.25, -0.2) is 0 Å². The molecule has 0 aromatic heterocycles. The van der Waals surface area contributed by atoms with Gasteiger partial charge < -0.3 is 5.11 Å². The van der Waals surface area contributed by atoms with Crippen molar-refractivity contribution in [3.8, 4) is 0 Å². The SMILES string of the molecule is Cc1ccc(/C(=C(/I)c2ccccc2)C(C)O)cc1. The molecule has 1 unspecified atom stereocenters. The van der Waals surface area contributed by atoms with Crippen molar-refractivity contribution in [3.63, 3.8) is 0 Å². The number of aryl methyl sites for hydroxylation is 1. The van der Waals surface area contributed by atoms with E-state index in [0.717, 1.165) is 20.3 Å². The van der Waals surface area contributed by atoms with Crippen molar-refractivity contribution in [1.29, 1.82) is 0 Å². The number of benzene rings is 2. The van der Waals surface area contributed by atoms with E-state index in [4.69, 9.17) is 0 Å². The van der Waals surface area contributed by atoms with Crippen LogP contribution in [0.25, 0.3) is 9.15 Å². The third-order valence-corrected chi connectivity index (χ3v) is 4.25. The van der Waals surface area contributed by atoms with Gasteiger partial charge in [-0.05, 0) is 47.6 Å². The molecule has 0 amide bonds. The summed E-state index contributed by atoms with van der Waals surface area (Å²) in [6, 6.07) is 18.5. The molecular formula is C17H17IO. The van der Waals surface area contributed by atoms with E-state index in [1.165, 1.54) is 5.56 Å². The Morgan fingerprint density at radius 1 is 0.947 bits per heavy atom. The number of hydrogen-bond donors (Lipinski definition) is 1. The average Bonchev–Trinajstić information content (AvgIpc) is 2.42. The molecule has 2 aromatic carbocycles. The maximum absolute atomic E-state index is 10.1. The van der Waals surface area contributed by atoms with Crippen LogP contribution in [-0.4, -0.2) is 11.2 Å². The Morgan fingerprint density at radius 3 is 2.05 bits per heavy atom. The largest absolute Gasteiger partial charge is 0.389 e. The monoisotopic (exact) mass is 364 g/mol. The van der Waals surface area contributed by atoms with E-state index in [0.29, 0.717) is 0 Å². The highest BCUT2D eigenvalue weighted by Crippen LogP contribution is 2.33. The van der Waals surface area contributed by atoms with Gasteiger partial charge in [0.15, 0.2) is 0 Å². The molecule has 19 heavy (non-hydrogen) atoms. The van der Waals surface area contributed by atoms with Gasteiger partial charge in [-0.3, -0.25) is 0 Å². The molecule has 1 nitrogen and oxygen atoms in total. The zero-order chi connectivity index (χ0) is 13.8. The molecule has 1 N–H and O–H groups in total. The molecule has 2 heteroatoms. The topological polar surface area (TPSA) is 20.2 Å². The van der Waals surface area contributed by atoms with Gasteiger partial charge in [0, 0.05) is 9.15 Å². The zero-order valence-corrected chi connectivity index (χ0v) is 13.3. The van der Waals surface area contributed by atoms with Gasteiger partial charge in [-0.2, -0.15) is 0 Å². The third kappa shape index (κ3) is 3.45. The van der Waals surface area contributed by atoms with Crippen molar-refractivity contribution in [1.82, 2.24) is 0 Å². The fraction of sp³-hybridized carbons (Fsp3) is 0.176. The molecule has 0 bridgehead atoms. The van der Waals surface area contributed by atoms with Crippen LogP contribution in [0, 0.1) is 6.92 Å². The van der Waals surface area contributed by atoms with Crippen LogP contribution in [-0.2, 0) is 0 Å². The number of halogens is 1. The van der Waals surface area contributed by atoms with Crippen LogP contribution in [0.1, 0.15) is 23.6 Å². The Kier molecular flexibility index (Phi) is 4.77. The maximum Gasteiger partial charge on any atom is 0.0778 e. The van der Waals surface area contributed by atoms with Crippen molar-refractivity contribution in [2.45, 2.75) is 20.0 Å². The van der Waals surface area contributed by atoms with E-state index < -0.39 is 6.10 Å². The van der Waals surface area contributed by atoms with Gasteiger partial charge in [-0.15, -0.1) is 0 Å². The summed E-state index contributed by atoms with van der Waals surface area (Å²) >= 11 is 2.32. The smallest absolute Gasteiger partial charge is 0.0778 e. The Labute approximate surface area is 128 Å². The molecule has 1 atom stereocenters. The molecule has 0 aliphatic rings. The summed E-state index contributed by atoms with van der Waals surface area (Å²) in [6.07, 6.45) is -0.491. The fourth-order valence-electron chi connectivity index (χ4n) is 2.02. The highest BCUT2D eigenvalue weighted by Gasteiger charge is 2.14. The lowest BCUT2D eigenvalue weighted by Gasteiger charge is -2.15. The quantitative estimate of drug-likeness (QED) is 0.620. The summed E-state index contributed by atoms with van der Waals surface area (Å²) in [4.78, 5) is 0. The van der Waals surface area contributed by atoms with Gasteiger partial charge >= 0.3 is 0 Å². The molecule has 0 aliphatic carbocycles. The van der Waals surface area contributed by atoms with Gasteiger partial charge in [-0.1, -0.05) is 60.2 Å². The third-order valence-electron chi connectivity index (χ3n) is 3.04. The zero-order valence-electron chi connectivity index (χ0n) is 11.1. The summed E-state index contributed by atoms with van der Waals surface area (Å²) in [5, 5.41) is 10.1. The Hall–Kier alpha value is -1.13. The van der Waals surface area contributed by atoms with Crippen molar-refractivity contribution < 1.29 is 5.11 Å². The predicted molar refractivity (Wildman–Crippen MR) is 90.1 cm³/mol. The van der Waals surface area contributed by atoms with Crippen molar-refractivity contribution in [3.05, 3.63) is 71.3 Å². The molecule has 98 valence electrons. The molecule has 0 spiro atoms. The molecule has 0 heterocycles. The molecule has 2 rings (SSSR count). The number of rotatable bonds is 3. The van der Waals surface area contributed by atoms with E-state index in [2.05, 4.69) is 65.9 Å². The van der Waals surface area contributed by atoms with E-state index in [1.807, 2.05) is 25.1 Å². The number of aliphatic hydroxyl groups excluding tert-OH is 1. The minimum atomic E-state index is -0.491. The Bertz CT molecular complexity index is 568. The first kappa shape index (κ1) is 14.3. The van der Waals surface area contributed by atoms with Crippen LogP contribution < -0.4 is 0 Å². The van der Waals surface area contributed by atoms with Crippen LogP contribution in [0.2, 0.25) is 0 Å². The second-order valence-electron chi connectivity index (χ2n) is 4.64. The molecule has 0 radical (unpaired) electrons. The molecule has 0 saturated carbocycles. The highest BCUT2D eigenvalue weighted by atomic mass is 127. The van der Waals surface area contributed by atoms with Gasteiger partial charge in [0.2, 0.25) is 0 Å². The first-order valence-corrected chi connectivity index (χ1v) is 7.37. The van der Waals surface area contributed by atoms with Crippen molar-refractivity contribution >= 4 is 31.7 Å². The normalized spacial score (nSPS) is 13.9. The van der Waals surface area contributed by atoms with Gasteiger partial charge in [0.05, 0.1) is 6.10 Å². The van der Waals surface area contributed by atoms with Gasteiger partial charge in [0.25, 0.3) is 0 Å². The van der Waals surface area contributed by atoms with Crippen LogP contribution in [0.3, 0.4) is 0 Å². The minimum absolute atomic E-state index is 0.491. The van der Waals surface area contributed by atoms with Crippen molar-refractivity contribution in [2.24, 2.45) is 0 Å². The van der Waals surface area contributed by atoms with Crippen LogP contribution in [0.15, 0.2) is 54.6 Å². The molecular weight excluding hydrogens is 347 g/mol. The first-order valence-electron chi connectivity index (χ1n) is 6.30. The van der Waals surface area contributed by atoms with Crippen LogP contribution >= 0.6 is 22.6 Å². The maximum atomic E-state index is 10.1. The minimum Gasteiger partial charge on any atom is -0.389 e. The summed E-state index contributed by atoms with van der Waals surface area (Å²) < 4.78 is 1.09. The lowest BCUT2D eigenvalue weighted by Crippen LogP contribution is -2.05. The Balaban J connectivity index is 2.54. The second-order valence-corrected chi connectivity index (χ2v) is 5.71. The number of aliphatic hydroxyl groups is 1. The molecule has 0 fully saturated rings. The van der Waals surface area contributed by atoms with E-state index in [-0.39, 0.29) is 0 Å². The molecule has 0 saturated heterocycles. The second kappa shape index (κ2) is 6.35. The highest BCUT2D eigenvalue weighted by molar-refractivity contribution is 14.1. The fourth-order valence-corrected chi connectivity index (χ4v) is 3.15. The predicted octanol–water partition coefficient (Wildman–Crippen LogP) is 4.68. The van der Waals surface area contributed by atoms with E-state index >= 15 is 0 Å². The lowest BCUT2D eigenvalue weighted by molar-refractivity contribution is 0.254. The number of hydrogen-bond acceptors (Lipinski definition) is 1. The first-order chi connectivity index (χ1) is 9.09. The summed E-state index contributed by atoms with van der Waals surface area (Å²) in [5.41, 5.74) is 4.42. The van der Waals surface area contributed by atoms with Crippen molar-refractivity contribution in [2.75, 3.05) is 0 Å². The standard InChI is InChI=1S/C17H17IO/c1-12-8-10-14(11-9-12)16(13(2)19)17(18)15-6-4-3-5-7-15/h3-11,13,19H,1-2H3/b17-16+. The average molecular weight is 364 g/mol. The lowest BCUT2D eigenvalue weighted by atomic mass is 9.98. The molecule has 2 aromatic rings. The summed E-state index contributed by atoms with van der Waals surface area (Å²) in [5.74, 6) is 0. The van der Waals surface area contributed by atoms with Crippen LogP contribution in [0.4, 0.5) is 0 Å². The Morgan fingerprint density at radius 2 is 1.53 bits per heavy atom. The summed E-state index contributed by atoms with van der Waals surface area (Å²) in [6.45, 7) is 3.88. The van der Waals surface area contributed by atoms with E-state index in [1.54, 1.807) is 0 Å². The summed E-state index contributed by atoms with van der Waals surface area (Å²) in [7, 11) is 0.